The number of hydrogen-bond acceptors (Lipinski definition) is 10. The van der Waals surface area contributed by atoms with Gasteiger partial charge in [-0.2, -0.15) is 0 Å². The first-order chi connectivity index (χ1) is 14.2. The van der Waals surface area contributed by atoms with Crippen LogP contribution >= 0.6 is 47.0 Å². The molecule has 0 aromatic carbocycles. The highest BCUT2D eigenvalue weighted by molar-refractivity contribution is 8.14. The molecule has 0 aromatic rings. The number of rotatable bonds is 17. The fraction of sp³-hybridized carbons (Fsp3) is 0.600. The Hall–Kier alpha value is -0.520. The van der Waals surface area contributed by atoms with Gasteiger partial charge in [0, 0.05) is 35.9 Å². The first-order valence-corrected chi connectivity index (χ1v) is 13.3. The van der Waals surface area contributed by atoms with Crippen LogP contribution in [-0.4, -0.2) is 69.9 Å². The molecular weight excluding hydrogens is 464 g/mol. The van der Waals surface area contributed by atoms with E-state index in [1.165, 1.54) is 23.5 Å². The monoisotopic (exact) mass is 494 g/mol. The van der Waals surface area contributed by atoms with Crippen molar-refractivity contribution >= 4 is 67.5 Å². The van der Waals surface area contributed by atoms with E-state index >= 15 is 0 Å². The van der Waals surface area contributed by atoms with E-state index in [4.69, 9.17) is 9.47 Å². The maximum atomic E-state index is 11.8. The molecule has 0 N–H and O–H groups in total. The molecule has 0 aliphatic carbocycles. The second-order valence-corrected chi connectivity index (χ2v) is 10.4. The van der Waals surface area contributed by atoms with Gasteiger partial charge in [-0.3, -0.25) is 19.2 Å². The molecule has 0 aliphatic rings. The Bertz CT molecular complexity index is 554. The topological polar surface area (TPSA) is 86.7 Å². The Labute approximate surface area is 196 Å². The van der Waals surface area contributed by atoms with Crippen molar-refractivity contribution in [1.82, 2.24) is 0 Å². The number of carbonyl (C=O) groups is 4. The lowest BCUT2D eigenvalue weighted by Gasteiger charge is -2.04. The minimum absolute atomic E-state index is 0.0326. The van der Waals surface area contributed by atoms with Crippen LogP contribution in [0, 0.1) is 0 Å². The molecule has 0 saturated heterocycles. The molecule has 0 saturated carbocycles. The standard InChI is InChI=1S/C20H30O6S4/c1-15(2)19(23)29-13-9-25-7-11-27-17(21)5-6-18(22)28-12-8-26-10-14-30-20(24)16(3)4/h1,3,5-14H2,2,4H3. The molecule has 0 amide bonds. The third kappa shape index (κ3) is 18.3. The minimum atomic E-state index is -0.0358. The maximum absolute atomic E-state index is 11.8. The van der Waals surface area contributed by atoms with E-state index in [-0.39, 0.29) is 33.3 Å². The van der Waals surface area contributed by atoms with Crippen LogP contribution < -0.4 is 0 Å². The van der Waals surface area contributed by atoms with Gasteiger partial charge in [0.05, 0.1) is 26.4 Å². The number of carbonyl (C=O) groups excluding carboxylic acids is 4. The second-order valence-electron chi connectivity index (χ2n) is 6.00. The molecule has 0 fully saturated rings. The molecule has 0 rings (SSSR count). The van der Waals surface area contributed by atoms with Crippen LogP contribution in [0.25, 0.3) is 0 Å². The molecular formula is C20H30O6S4. The van der Waals surface area contributed by atoms with Crippen molar-refractivity contribution in [2.75, 3.05) is 49.4 Å². The minimum Gasteiger partial charge on any atom is -0.380 e. The first kappa shape index (κ1) is 29.5. The normalized spacial score (nSPS) is 10.6. The van der Waals surface area contributed by atoms with Crippen molar-refractivity contribution in [1.29, 1.82) is 0 Å². The molecule has 0 bridgehead atoms. The van der Waals surface area contributed by atoms with Gasteiger partial charge in [0.15, 0.2) is 10.2 Å². The van der Waals surface area contributed by atoms with E-state index in [0.29, 0.717) is 60.6 Å². The van der Waals surface area contributed by atoms with Gasteiger partial charge >= 0.3 is 0 Å². The van der Waals surface area contributed by atoms with Crippen molar-refractivity contribution in [3.05, 3.63) is 24.3 Å². The molecule has 0 heterocycles. The molecule has 0 unspecified atom stereocenters. The van der Waals surface area contributed by atoms with E-state index in [2.05, 4.69) is 13.2 Å². The zero-order valence-corrected chi connectivity index (χ0v) is 20.8. The summed E-state index contributed by atoms with van der Waals surface area (Å²) in [6, 6.07) is 0. The highest BCUT2D eigenvalue weighted by atomic mass is 32.2. The van der Waals surface area contributed by atoms with Gasteiger partial charge in [-0.15, -0.1) is 0 Å². The third-order valence-corrected chi connectivity index (χ3v) is 6.89. The van der Waals surface area contributed by atoms with Crippen LogP contribution in [-0.2, 0) is 28.7 Å². The molecule has 0 aliphatic heterocycles. The summed E-state index contributed by atoms with van der Waals surface area (Å²) in [6.07, 6.45) is 0.417. The summed E-state index contributed by atoms with van der Waals surface area (Å²) >= 11 is 4.65. The van der Waals surface area contributed by atoms with Crippen molar-refractivity contribution in [3.8, 4) is 0 Å². The third-order valence-electron chi connectivity index (χ3n) is 3.13. The van der Waals surface area contributed by atoms with Crippen LogP contribution in [0.2, 0.25) is 0 Å². The average molecular weight is 495 g/mol. The molecule has 6 nitrogen and oxygen atoms in total. The lowest BCUT2D eigenvalue weighted by atomic mass is 10.4. The van der Waals surface area contributed by atoms with Gasteiger partial charge in [0.1, 0.15) is 0 Å². The van der Waals surface area contributed by atoms with Gasteiger partial charge in [-0.25, -0.2) is 0 Å². The number of ether oxygens (including phenoxy) is 2. The van der Waals surface area contributed by atoms with E-state index in [1.54, 1.807) is 13.8 Å². The summed E-state index contributed by atoms with van der Waals surface area (Å²) in [5, 5.41) is -0.137. The fourth-order valence-electron chi connectivity index (χ4n) is 1.61. The van der Waals surface area contributed by atoms with Gasteiger partial charge in [0.2, 0.25) is 10.2 Å². The fourth-order valence-corrected chi connectivity index (χ4v) is 4.23. The predicted octanol–water partition coefficient (Wildman–Crippen LogP) is 3.99. The van der Waals surface area contributed by atoms with Crippen LogP contribution in [0.3, 0.4) is 0 Å². The van der Waals surface area contributed by atoms with Gasteiger partial charge in [-0.1, -0.05) is 60.2 Å². The van der Waals surface area contributed by atoms with E-state index < -0.39 is 0 Å². The molecule has 0 atom stereocenters. The van der Waals surface area contributed by atoms with E-state index in [0.717, 1.165) is 23.5 Å². The smallest absolute Gasteiger partial charge is 0.214 e. The molecule has 30 heavy (non-hydrogen) atoms. The van der Waals surface area contributed by atoms with Crippen molar-refractivity contribution in [2.24, 2.45) is 0 Å². The van der Waals surface area contributed by atoms with Crippen molar-refractivity contribution < 1.29 is 28.7 Å². The highest BCUT2D eigenvalue weighted by Gasteiger charge is 2.09. The summed E-state index contributed by atoms with van der Waals surface area (Å²) in [5.41, 5.74) is 1.04. The summed E-state index contributed by atoms with van der Waals surface area (Å²) < 4.78 is 10.7. The van der Waals surface area contributed by atoms with Crippen LogP contribution in [0.15, 0.2) is 24.3 Å². The number of thioether (sulfide) groups is 4. The molecule has 0 radical (unpaired) electrons. The Balaban J connectivity index is 3.50. The summed E-state index contributed by atoms with van der Waals surface area (Å²) in [6.45, 7) is 12.2. The predicted molar refractivity (Wildman–Crippen MR) is 130 cm³/mol. The summed E-state index contributed by atoms with van der Waals surface area (Å²) in [7, 11) is 0. The van der Waals surface area contributed by atoms with Crippen LogP contribution in [0.1, 0.15) is 26.7 Å². The van der Waals surface area contributed by atoms with Gasteiger partial charge in [-0.05, 0) is 25.0 Å². The SMILES string of the molecule is C=C(C)C(=O)SCCOCCSC(=O)CCC(=O)SCCOCCSC(=O)C(=C)C. The average Bonchev–Trinajstić information content (AvgIpc) is 2.70. The van der Waals surface area contributed by atoms with Crippen molar-refractivity contribution in [3.63, 3.8) is 0 Å². The Kier molecular flexibility index (Phi) is 18.9. The molecule has 0 spiro atoms. The molecule has 0 aromatic heterocycles. The summed E-state index contributed by atoms with van der Waals surface area (Å²) in [5.74, 6) is 2.18. The maximum Gasteiger partial charge on any atom is 0.214 e. The summed E-state index contributed by atoms with van der Waals surface area (Å²) in [4.78, 5) is 46.2. The Morgan fingerprint density at radius 3 is 1.20 bits per heavy atom. The van der Waals surface area contributed by atoms with Crippen LogP contribution in [0.5, 0.6) is 0 Å². The van der Waals surface area contributed by atoms with Gasteiger partial charge in [0.25, 0.3) is 0 Å². The number of hydrogen-bond donors (Lipinski definition) is 0. The lowest BCUT2D eigenvalue weighted by Crippen LogP contribution is -2.07. The highest BCUT2D eigenvalue weighted by Crippen LogP contribution is 2.13. The molecule has 10 heteroatoms. The largest absolute Gasteiger partial charge is 0.380 e. The molecule has 170 valence electrons. The second kappa shape index (κ2) is 19.2. The quantitative estimate of drug-likeness (QED) is 0.218. The van der Waals surface area contributed by atoms with E-state index in [1.807, 2.05) is 0 Å². The zero-order valence-electron chi connectivity index (χ0n) is 17.6. The lowest BCUT2D eigenvalue weighted by molar-refractivity contribution is -0.115. The Morgan fingerprint density at radius 2 is 0.900 bits per heavy atom. The zero-order chi connectivity index (χ0) is 22.8. The van der Waals surface area contributed by atoms with Crippen LogP contribution in [0.4, 0.5) is 0 Å². The van der Waals surface area contributed by atoms with Gasteiger partial charge < -0.3 is 9.47 Å². The van der Waals surface area contributed by atoms with E-state index in [9.17, 15) is 19.2 Å². The van der Waals surface area contributed by atoms with Crippen molar-refractivity contribution in [2.45, 2.75) is 26.7 Å². The first-order valence-electron chi connectivity index (χ1n) is 9.36. The Morgan fingerprint density at radius 1 is 0.600 bits per heavy atom.